The molecule has 0 heterocycles. The van der Waals surface area contributed by atoms with E-state index in [9.17, 15) is 0 Å². The number of ether oxygens (including phenoxy) is 1. The van der Waals surface area contributed by atoms with Crippen molar-refractivity contribution in [2.45, 2.75) is 33.4 Å². The van der Waals surface area contributed by atoms with Crippen molar-refractivity contribution in [3.63, 3.8) is 0 Å². The highest BCUT2D eigenvalue weighted by molar-refractivity contribution is 6.35. The lowest BCUT2D eigenvalue weighted by atomic mass is 10.0. The largest absolute Gasteiger partial charge is 0.380 e. The number of benzene rings is 1. The minimum absolute atomic E-state index is 0.303. The van der Waals surface area contributed by atoms with Crippen LogP contribution in [0.15, 0.2) is 18.2 Å². The Morgan fingerprint density at radius 2 is 1.83 bits per heavy atom. The Morgan fingerprint density at radius 3 is 2.33 bits per heavy atom. The molecule has 0 aliphatic carbocycles. The smallest absolute Gasteiger partial charge is 0.0622 e. The molecule has 0 amide bonds. The topological polar surface area (TPSA) is 21.3 Å². The molecule has 1 aromatic carbocycles. The Bertz CT molecular complexity index is 349. The van der Waals surface area contributed by atoms with E-state index in [1.807, 2.05) is 25.1 Å². The Morgan fingerprint density at radius 1 is 1.22 bits per heavy atom. The van der Waals surface area contributed by atoms with Gasteiger partial charge in [0, 0.05) is 34.8 Å². The zero-order valence-corrected chi connectivity index (χ0v) is 12.7. The normalized spacial score (nSPS) is 13.0. The lowest BCUT2D eigenvalue weighted by molar-refractivity contribution is 0.108. The van der Waals surface area contributed by atoms with Crippen LogP contribution < -0.4 is 5.32 Å². The molecule has 4 heteroatoms. The molecule has 0 spiro atoms. The molecule has 0 radical (unpaired) electrons. The molecule has 1 unspecified atom stereocenters. The van der Waals surface area contributed by atoms with Gasteiger partial charge in [-0.3, -0.25) is 0 Å². The fraction of sp³-hybridized carbons (Fsp3) is 0.571. The SMILES string of the molecule is CCOCC(NCc1c(Cl)cccc1Cl)C(C)C. The molecule has 2 nitrogen and oxygen atoms in total. The molecule has 1 rings (SSSR count). The van der Waals surface area contributed by atoms with E-state index >= 15 is 0 Å². The first kappa shape index (κ1) is 15.8. The van der Waals surface area contributed by atoms with E-state index in [1.165, 1.54) is 0 Å². The molecule has 0 aliphatic rings. The summed E-state index contributed by atoms with van der Waals surface area (Å²) in [5.74, 6) is 0.498. The summed E-state index contributed by atoms with van der Waals surface area (Å²) >= 11 is 12.3. The van der Waals surface area contributed by atoms with E-state index in [-0.39, 0.29) is 0 Å². The Labute approximate surface area is 120 Å². The molecule has 0 aromatic heterocycles. The standard InChI is InChI=1S/C14H21Cl2NO/c1-4-18-9-14(10(2)3)17-8-11-12(15)6-5-7-13(11)16/h5-7,10,14,17H,4,8-9H2,1-3H3. The van der Waals surface area contributed by atoms with Gasteiger partial charge in [0.15, 0.2) is 0 Å². The summed E-state index contributed by atoms with van der Waals surface area (Å²) in [7, 11) is 0. The van der Waals surface area contributed by atoms with Gasteiger partial charge >= 0.3 is 0 Å². The molecule has 1 atom stereocenters. The maximum atomic E-state index is 6.14. The highest BCUT2D eigenvalue weighted by Gasteiger charge is 2.14. The Balaban J connectivity index is 2.61. The molecular weight excluding hydrogens is 269 g/mol. The van der Waals surface area contributed by atoms with Crippen LogP contribution in [0.1, 0.15) is 26.3 Å². The fourth-order valence-electron chi connectivity index (χ4n) is 1.67. The van der Waals surface area contributed by atoms with Crippen LogP contribution in [0.5, 0.6) is 0 Å². The van der Waals surface area contributed by atoms with E-state index in [1.54, 1.807) is 0 Å². The quantitative estimate of drug-likeness (QED) is 0.814. The lowest BCUT2D eigenvalue weighted by Crippen LogP contribution is -2.37. The van der Waals surface area contributed by atoms with Gasteiger partial charge < -0.3 is 10.1 Å². The fourth-order valence-corrected chi connectivity index (χ4v) is 2.20. The van der Waals surface area contributed by atoms with Crippen LogP contribution >= 0.6 is 23.2 Å². The molecule has 18 heavy (non-hydrogen) atoms. The van der Waals surface area contributed by atoms with Gasteiger partial charge in [-0.05, 0) is 25.0 Å². The summed E-state index contributed by atoms with van der Waals surface area (Å²) in [4.78, 5) is 0. The third kappa shape index (κ3) is 4.77. The lowest BCUT2D eigenvalue weighted by Gasteiger charge is -2.22. The van der Waals surface area contributed by atoms with Crippen molar-refractivity contribution in [2.24, 2.45) is 5.92 Å². The van der Waals surface area contributed by atoms with Gasteiger partial charge in [-0.15, -0.1) is 0 Å². The molecule has 0 saturated heterocycles. The van der Waals surface area contributed by atoms with Crippen LogP contribution in [0.25, 0.3) is 0 Å². The molecule has 0 bridgehead atoms. The van der Waals surface area contributed by atoms with Gasteiger partial charge in [-0.2, -0.15) is 0 Å². The van der Waals surface area contributed by atoms with Gasteiger partial charge in [0.1, 0.15) is 0 Å². The van der Waals surface area contributed by atoms with Gasteiger partial charge in [0.05, 0.1) is 6.61 Å². The molecule has 0 fully saturated rings. The van der Waals surface area contributed by atoms with Crippen molar-refractivity contribution >= 4 is 23.2 Å². The second-order valence-corrected chi connectivity index (χ2v) is 5.41. The van der Waals surface area contributed by atoms with Crippen molar-refractivity contribution in [3.05, 3.63) is 33.8 Å². The Kier molecular flexibility index (Phi) is 7.02. The van der Waals surface area contributed by atoms with Gasteiger partial charge in [-0.25, -0.2) is 0 Å². The van der Waals surface area contributed by atoms with Crippen LogP contribution in [0.3, 0.4) is 0 Å². The van der Waals surface area contributed by atoms with Crippen LogP contribution in [0, 0.1) is 5.92 Å². The third-order valence-corrected chi connectivity index (χ3v) is 3.62. The maximum absolute atomic E-state index is 6.14. The van der Waals surface area contributed by atoms with Crippen LogP contribution in [-0.2, 0) is 11.3 Å². The zero-order chi connectivity index (χ0) is 13.5. The predicted octanol–water partition coefficient (Wildman–Crippen LogP) is 4.14. The first-order valence-electron chi connectivity index (χ1n) is 6.30. The van der Waals surface area contributed by atoms with Crippen molar-refractivity contribution < 1.29 is 4.74 Å². The third-order valence-electron chi connectivity index (χ3n) is 2.91. The average Bonchev–Trinajstić information content (AvgIpc) is 2.31. The minimum atomic E-state index is 0.303. The maximum Gasteiger partial charge on any atom is 0.0622 e. The second kappa shape index (κ2) is 8.00. The van der Waals surface area contributed by atoms with Gasteiger partial charge in [0.25, 0.3) is 0 Å². The number of hydrogen-bond donors (Lipinski definition) is 1. The summed E-state index contributed by atoms with van der Waals surface area (Å²) in [5, 5.41) is 4.86. The molecule has 1 N–H and O–H groups in total. The zero-order valence-electron chi connectivity index (χ0n) is 11.2. The van der Waals surface area contributed by atoms with Gasteiger partial charge in [-0.1, -0.05) is 43.1 Å². The first-order valence-corrected chi connectivity index (χ1v) is 7.05. The summed E-state index contributed by atoms with van der Waals surface area (Å²) < 4.78 is 5.48. The second-order valence-electron chi connectivity index (χ2n) is 4.59. The van der Waals surface area contributed by atoms with E-state index < -0.39 is 0 Å². The summed E-state index contributed by atoms with van der Waals surface area (Å²) in [6.45, 7) is 8.44. The van der Waals surface area contributed by atoms with E-state index in [4.69, 9.17) is 27.9 Å². The summed E-state index contributed by atoms with van der Waals surface area (Å²) in [6, 6.07) is 5.88. The average molecular weight is 290 g/mol. The minimum Gasteiger partial charge on any atom is -0.380 e. The van der Waals surface area contributed by atoms with Crippen molar-refractivity contribution in [3.8, 4) is 0 Å². The highest BCUT2D eigenvalue weighted by Crippen LogP contribution is 2.24. The van der Waals surface area contributed by atoms with Crippen LogP contribution in [-0.4, -0.2) is 19.3 Å². The number of rotatable bonds is 7. The van der Waals surface area contributed by atoms with Crippen LogP contribution in [0.4, 0.5) is 0 Å². The monoisotopic (exact) mass is 289 g/mol. The van der Waals surface area contributed by atoms with E-state index in [2.05, 4.69) is 19.2 Å². The molecule has 102 valence electrons. The molecule has 0 aliphatic heterocycles. The predicted molar refractivity (Wildman–Crippen MR) is 78.4 cm³/mol. The van der Waals surface area contributed by atoms with Gasteiger partial charge in [0.2, 0.25) is 0 Å². The van der Waals surface area contributed by atoms with Crippen LogP contribution in [0.2, 0.25) is 10.0 Å². The van der Waals surface area contributed by atoms with Crippen molar-refractivity contribution in [2.75, 3.05) is 13.2 Å². The van der Waals surface area contributed by atoms with Crippen molar-refractivity contribution in [1.29, 1.82) is 0 Å². The molecule has 0 saturated carbocycles. The molecular formula is C14H21Cl2NO. The number of nitrogens with one attached hydrogen (secondary N) is 1. The van der Waals surface area contributed by atoms with E-state index in [0.717, 1.165) is 12.2 Å². The first-order chi connectivity index (χ1) is 8.56. The number of hydrogen-bond acceptors (Lipinski definition) is 2. The highest BCUT2D eigenvalue weighted by atomic mass is 35.5. The van der Waals surface area contributed by atoms with Crippen molar-refractivity contribution in [1.82, 2.24) is 5.32 Å². The molecule has 1 aromatic rings. The Hall–Kier alpha value is -0.280. The number of halogens is 2. The van der Waals surface area contributed by atoms with E-state index in [0.29, 0.717) is 35.2 Å². The summed E-state index contributed by atoms with van der Waals surface area (Å²) in [5.41, 5.74) is 0.947. The summed E-state index contributed by atoms with van der Waals surface area (Å²) in [6.07, 6.45) is 0.